The molecular weight excluding hydrogens is 360 g/mol. The number of rotatable bonds is 4. The fourth-order valence-corrected chi connectivity index (χ4v) is 3.49. The van der Waals surface area contributed by atoms with Crippen molar-refractivity contribution in [3.05, 3.63) is 62.6 Å². The van der Waals surface area contributed by atoms with Gasteiger partial charge in [-0.1, -0.05) is 28.1 Å². The lowest BCUT2D eigenvalue weighted by Gasteiger charge is -2.10. The van der Waals surface area contributed by atoms with Gasteiger partial charge in [-0.15, -0.1) is 0 Å². The summed E-state index contributed by atoms with van der Waals surface area (Å²) in [5.74, 6) is 0. The van der Waals surface area contributed by atoms with Crippen molar-refractivity contribution in [1.29, 1.82) is 0 Å². The van der Waals surface area contributed by atoms with Crippen LogP contribution in [0.3, 0.4) is 0 Å². The number of halogens is 1. The highest BCUT2D eigenvalue weighted by Gasteiger charge is 2.19. The summed E-state index contributed by atoms with van der Waals surface area (Å²) >= 11 is 3.20. The lowest BCUT2D eigenvalue weighted by molar-refractivity contribution is -0.385. The number of nitro benzene ring substituents is 1. The van der Waals surface area contributed by atoms with E-state index < -0.39 is 14.9 Å². The Morgan fingerprint density at radius 3 is 2.48 bits per heavy atom. The number of sulfonamides is 1. The van der Waals surface area contributed by atoms with Crippen LogP contribution in [-0.2, 0) is 10.0 Å². The van der Waals surface area contributed by atoms with Crippen molar-refractivity contribution in [2.45, 2.75) is 11.8 Å². The lowest BCUT2D eigenvalue weighted by atomic mass is 10.2. The summed E-state index contributed by atoms with van der Waals surface area (Å²) in [7, 11) is -3.80. The SMILES string of the molecule is Cc1c(NS(=O)(=O)c2cccc(Br)c2)cccc1[N+](=O)[O-]. The molecule has 0 radical (unpaired) electrons. The van der Waals surface area contributed by atoms with Gasteiger partial charge in [0.2, 0.25) is 0 Å². The molecule has 0 aliphatic heterocycles. The summed E-state index contributed by atoms with van der Waals surface area (Å²) in [6, 6.07) is 10.4. The molecule has 0 aliphatic rings. The van der Waals surface area contributed by atoms with Crippen molar-refractivity contribution in [3.63, 3.8) is 0 Å². The smallest absolute Gasteiger partial charge is 0.274 e. The van der Waals surface area contributed by atoms with E-state index in [0.717, 1.165) is 0 Å². The Morgan fingerprint density at radius 1 is 1.19 bits per heavy atom. The van der Waals surface area contributed by atoms with E-state index in [1.165, 1.54) is 37.3 Å². The van der Waals surface area contributed by atoms with Gasteiger partial charge in [-0.05, 0) is 31.2 Å². The Labute approximate surface area is 130 Å². The normalized spacial score (nSPS) is 11.1. The molecular formula is C13H11BrN2O4S. The number of hydrogen-bond acceptors (Lipinski definition) is 4. The minimum Gasteiger partial charge on any atom is -0.279 e. The molecule has 2 rings (SSSR count). The Bertz CT molecular complexity index is 806. The van der Waals surface area contributed by atoms with Crippen LogP contribution in [-0.4, -0.2) is 13.3 Å². The van der Waals surface area contributed by atoms with Gasteiger partial charge in [-0.3, -0.25) is 14.8 Å². The maximum Gasteiger partial charge on any atom is 0.274 e. The van der Waals surface area contributed by atoms with E-state index in [0.29, 0.717) is 4.47 Å². The second-order valence-electron chi connectivity index (χ2n) is 4.27. The number of anilines is 1. The van der Waals surface area contributed by atoms with Crippen molar-refractivity contribution < 1.29 is 13.3 Å². The first-order valence-corrected chi connectivity index (χ1v) is 8.11. The standard InChI is InChI=1S/C13H11BrN2O4S/c1-9-12(6-3-7-13(9)16(17)18)15-21(19,20)11-5-2-4-10(14)8-11/h2-8,15H,1H3. The molecule has 2 aromatic carbocycles. The second kappa shape index (κ2) is 5.82. The molecule has 1 N–H and O–H groups in total. The first kappa shape index (κ1) is 15.5. The lowest BCUT2D eigenvalue weighted by Crippen LogP contribution is -2.14. The van der Waals surface area contributed by atoms with E-state index >= 15 is 0 Å². The molecule has 0 saturated heterocycles. The van der Waals surface area contributed by atoms with Crippen molar-refractivity contribution in [3.8, 4) is 0 Å². The van der Waals surface area contributed by atoms with Crippen molar-refractivity contribution in [1.82, 2.24) is 0 Å². The molecule has 0 unspecified atom stereocenters. The average molecular weight is 371 g/mol. The topological polar surface area (TPSA) is 89.3 Å². The van der Waals surface area contributed by atoms with Crippen LogP contribution in [0, 0.1) is 17.0 Å². The Hall–Kier alpha value is -1.93. The summed E-state index contributed by atoms with van der Waals surface area (Å²) in [6.45, 7) is 1.50. The minimum atomic E-state index is -3.80. The van der Waals surface area contributed by atoms with Crippen molar-refractivity contribution in [2.24, 2.45) is 0 Å². The highest BCUT2D eigenvalue weighted by atomic mass is 79.9. The number of hydrogen-bond donors (Lipinski definition) is 1. The molecule has 0 saturated carbocycles. The van der Waals surface area contributed by atoms with E-state index in [1.807, 2.05) is 0 Å². The summed E-state index contributed by atoms with van der Waals surface area (Å²) < 4.78 is 27.6. The van der Waals surface area contributed by atoms with Gasteiger partial charge in [-0.2, -0.15) is 0 Å². The highest BCUT2D eigenvalue weighted by molar-refractivity contribution is 9.10. The quantitative estimate of drug-likeness (QED) is 0.658. The molecule has 0 amide bonds. The van der Waals surface area contributed by atoms with Crippen LogP contribution >= 0.6 is 15.9 Å². The average Bonchev–Trinajstić information content (AvgIpc) is 2.40. The molecule has 21 heavy (non-hydrogen) atoms. The zero-order valence-corrected chi connectivity index (χ0v) is 13.3. The molecule has 8 heteroatoms. The number of nitrogens with zero attached hydrogens (tertiary/aromatic N) is 1. The van der Waals surface area contributed by atoms with E-state index in [1.54, 1.807) is 12.1 Å². The second-order valence-corrected chi connectivity index (χ2v) is 6.87. The maximum absolute atomic E-state index is 12.3. The summed E-state index contributed by atoms with van der Waals surface area (Å²) in [6.07, 6.45) is 0. The Morgan fingerprint density at radius 2 is 1.86 bits per heavy atom. The zero-order chi connectivity index (χ0) is 15.6. The third-order valence-electron chi connectivity index (χ3n) is 2.85. The van der Waals surface area contributed by atoms with Crippen LogP contribution in [0.15, 0.2) is 51.8 Å². The van der Waals surface area contributed by atoms with Crippen molar-refractivity contribution >= 4 is 37.3 Å². The number of nitro groups is 1. The van der Waals surface area contributed by atoms with Crippen LogP contribution in [0.4, 0.5) is 11.4 Å². The fourth-order valence-electron chi connectivity index (χ4n) is 1.77. The Balaban J connectivity index is 2.42. The first-order valence-electron chi connectivity index (χ1n) is 5.83. The number of nitrogens with one attached hydrogen (secondary N) is 1. The summed E-state index contributed by atoms with van der Waals surface area (Å²) in [5.41, 5.74) is 0.315. The van der Waals surface area contributed by atoms with Gasteiger partial charge >= 0.3 is 0 Å². The maximum atomic E-state index is 12.3. The highest BCUT2D eigenvalue weighted by Crippen LogP contribution is 2.27. The number of benzene rings is 2. The zero-order valence-electron chi connectivity index (χ0n) is 10.9. The van der Waals surface area contributed by atoms with Crippen molar-refractivity contribution in [2.75, 3.05) is 4.72 Å². The Kier molecular flexibility index (Phi) is 4.29. The monoisotopic (exact) mass is 370 g/mol. The van der Waals surface area contributed by atoms with E-state index in [4.69, 9.17) is 0 Å². The van der Waals surface area contributed by atoms with Crippen LogP contribution in [0.1, 0.15) is 5.56 Å². The van der Waals surface area contributed by atoms with E-state index in [9.17, 15) is 18.5 Å². The van der Waals surface area contributed by atoms with Gasteiger partial charge in [0.05, 0.1) is 21.1 Å². The minimum absolute atomic E-state index is 0.0720. The van der Waals surface area contributed by atoms with Gasteiger partial charge in [0.15, 0.2) is 0 Å². The van der Waals surface area contributed by atoms with E-state index in [2.05, 4.69) is 20.7 Å². The predicted molar refractivity (Wildman–Crippen MR) is 82.8 cm³/mol. The van der Waals surface area contributed by atoms with Crippen LogP contribution in [0.5, 0.6) is 0 Å². The molecule has 6 nitrogen and oxygen atoms in total. The molecule has 110 valence electrons. The summed E-state index contributed by atoms with van der Waals surface area (Å²) in [4.78, 5) is 10.4. The van der Waals surface area contributed by atoms with Gasteiger partial charge < -0.3 is 0 Å². The molecule has 2 aromatic rings. The molecule has 0 atom stereocenters. The largest absolute Gasteiger partial charge is 0.279 e. The molecule has 0 bridgehead atoms. The predicted octanol–water partition coefficient (Wildman–Crippen LogP) is 3.47. The van der Waals surface area contributed by atoms with Gasteiger partial charge in [0, 0.05) is 10.5 Å². The molecule has 0 aliphatic carbocycles. The van der Waals surface area contributed by atoms with E-state index in [-0.39, 0.29) is 21.8 Å². The molecule has 0 fully saturated rings. The van der Waals surface area contributed by atoms with Gasteiger partial charge in [0.25, 0.3) is 15.7 Å². The molecule has 0 aromatic heterocycles. The van der Waals surface area contributed by atoms with Crippen LogP contribution in [0.2, 0.25) is 0 Å². The van der Waals surface area contributed by atoms with Gasteiger partial charge in [0.1, 0.15) is 0 Å². The first-order chi connectivity index (χ1) is 9.81. The third kappa shape index (κ3) is 3.40. The fraction of sp³-hybridized carbons (Fsp3) is 0.0769. The third-order valence-corrected chi connectivity index (χ3v) is 4.71. The molecule has 0 heterocycles. The van der Waals surface area contributed by atoms with Gasteiger partial charge in [-0.25, -0.2) is 8.42 Å². The van der Waals surface area contributed by atoms with Crippen LogP contribution < -0.4 is 4.72 Å². The summed E-state index contributed by atoms with van der Waals surface area (Å²) in [5, 5.41) is 10.9. The molecule has 0 spiro atoms. The van der Waals surface area contributed by atoms with Crippen LogP contribution in [0.25, 0.3) is 0 Å².